The van der Waals surface area contributed by atoms with Crippen LogP contribution >= 0.6 is 23.2 Å². The number of nitrogens with one attached hydrogen (secondary N) is 2. The van der Waals surface area contributed by atoms with E-state index in [1.165, 1.54) is 25.3 Å². The minimum absolute atomic E-state index is 0.148. The van der Waals surface area contributed by atoms with E-state index in [-0.39, 0.29) is 12.2 Å². The van der Waals surface area contributed by atoms with E-state index in [1.54, 1.807) is 25.1 Å². The summed E-state index contributed by atoms with van der Waals surface area (Å²) in [6.45, 7) is 1.62. The van der Waals surface area contributed by atoms with Gasteiger partial charge in [-0.05, 0) is 37.3 Å². The maximum atomic E-state index is 12.2. The Labute approximate surface area is 183 Å². The molecule has 3 amide bonds. The summed E-state index contributed by atoms with van der Waals surface area (Å²) in [5.74, 6) is -0.830. The van der Waals surface area contributed by atoms with E-state index in [0.717, 1.165) is 5.56 Å². The van der Waals surface area contributed by atoms with Crippen LogP contribution in [0.3, 0.4) is 0 Å². The first-order valence-corrected chi connectivity index (χ1v) is 9.59. The first-order chi connectivity index (χ1) is 14.3. The zero-order chi connectivity index (χ0) is 22.1. The number of halogens is 2. The van der Waals surface area contributed by atoms with Crippen LogP contribution in [0.25, 0.3) is 0 Å². The molecule has 0 saturated heterocycles. The van der Waals surface area contributed by atoms with Crippen LogP contribution < -0.4 is 20.1 Å². The molecule has 0 spiro atoms. The fraction of sp³-hybridized carbons (Fsp3) is 0.250. The fourth-order valence-electron chi connectivity index (χ4n) is 2.29. The molecule has 0 aliphatic carbocycles. The number of urea groups is 1. The van der Waals surface area contributed by atoms with E-state index in [9.17, 15) is 14.4 Å². The lowest BCUT2D eigenvalue weighted by Gasteiger charge is -2.13. The summed E-state index contributed by atoms with van der Waals surface area (Å²) in [5.41, 5.74) is 0.874. The molecule has 0 saturated carbocycles. The van der Waals surface area contributed by atoms with E-state index in [1.807, 2.05) is 5.32 Å². The number of hydrogen-bond donors (Lipinski definition) is 2. The second-order valence-corrected chi connectivity index (χ2v) is 6.72. The molecule has 10 heteroatoms. The van der Waals surface area contributed by atoms with Crippen LogP contribution in [0.15, 0.2) is 36.4 Å². The second kappa shape index (κ2) is 11.3. The van der Waals surface area contributed by atoms with Crippen LogP contribution in [0, 0.1) is 0 Å². The van der Waals surface area contributed by atoms with Crippen molar-refractivity contribution in [1.29, 1.82) is 0 Å². The first-order valence-electron chi connectivity index (χ1n) is 8.83. The van der Waals surface area contributed by atoms with Gasteiger partial charge in [-0.1, -0.05) is 29.3 Å². The molecule has 0 bridgehead atoms. The Morgan fingerprint density at radius 3 is 2.47 bits per heavy atom. The molecule has 2 rings (SSSR count). The largest absolute Gasteiger partial charge is 0.493 e. The number of carbonyl (C=O) groups excluding carboxylic acids is 3. The Balaban J connectivity index is 1.97. The number of hydrogen-bond acceptors (Lipinski definition) is 6. The summed E-state index contributed by atoms with van der Waals surface area (Å²) in [7, 11) is 1.42. The van der Waals surface area contributed by atoms with E-state index in [4.69, 9.17) is 37.4 Å². The molecule has 0 fully saturated rings. The van der Waals surface area contributed by atoms with Gasteiger partial charge in [-0.15, -0.1) is 0 Å². The average molecular weight is 455 g/mol. The Kier molecular flexibility index (Phi) is 8.76. The van der Waals surface area contributed by atoms with Gasteiger partial charge in [-0.25, -0.2) is 9.59 Å². The van der Waals surface area contributed by atoms with Crippen molar-refractivity contribution >= 4 is 41.1 Å². The summed E-state index contributed by atoms with van der Waals surface area (Å²) < 4.78 is 15.9. The van der Waals surface area contributed by atoms with Crippen LogP contribution in [-0.2, 0) is 16.1 Å². The van der Waals surface area contributed by atoms with Gasteiger partial charge in [-0.2, -0.15) is 0 Å². The predicted octanol–water partition coefficient (Wildman–Crippen LogP) is 3.58. The van der Waals surface area contributed by atoms with Crippen molar-refractivity contribution in [3.8, 4) is 11.5 Å². The highest BCUT2D eigenvalue weighted by atomic mass is 35.5. The molecule has 0 aliphatic rings. The summed E-state index contributed by atoms with van der Waals surface area (Å²) in [6.07, 6.45) is 0. The molecular formula is C20H20Cl2N2O6. The topological polar surface area (TPSA) is 103 Å². The summed E-state index contributed by atoms with van der Waals surface area (Å²) >= 11 is 12.0. The molecule has 8 nitrogen and oxygen atoms in total. The highest BCUT2D eigenvalue weighted by Gasteiger charge is 2.15. The summed E-state index contributed by atoms with van der Waals surface area (Å²) in [6, 6.07) is 8.81. The van der Waals surface area contributed by atoms with Gasteiger partial charge in [0.05, 0.1) is 12.7 Å². The monoisotopic (exact) mass is 454 g/mol. The lowest BCUT2D eigenvalue weighted by Crippen LogP contribution is -2.41. The Hall–Kier alpha value is -2.97. The summed E-state index contributed by atoms with van der Waals surface area (Å²) in [5, 5.41) is 5.40. The van der Waals surface area contributed by atoms with E-state index < -0.39 is 24.5 Å². The third-order valence-corrected chi connectivity index (χ3v) is 4.31. The smallest absolute Gasteiger partial charge is 0.338 e. The van der Waals surface area contributed by atoms with Gasteiger partial charge >= 0.3 is 12.0 Å². The Morgan fingerprint density at radius 1 is 1.03 bits per heavy atom. The minimum Gasteiger partial charge on any atom is -0.493 e. The van der Waals surface area contributed by atoms with Crippen molar-refractivity contribution in [1.82, 2.24) is 10.6 Å². The third kappa shape index (κ3) is 6.82. The molecule has 2 N–H and O–H groups in total. The number of imide groups is 1. The number of esters is 1. The van der Waals surface area contributed by atoms with Gasteiger partial charge < -0.3 is 19.5 Å². The molecule has 0 unspecified atom stereocenters. The Morgan fingerprint density at radius 2 is 1.80 bits per heavy atom. The highest BCUT2D eigenvalue weighted by Crippen LogP contribution is 2.30. The normalized spacial score (nSPS) is 10.1. The second-order valence-electron chi connectivity index (χ2n) is 5.87. The van der Waals surface area contributed by atoms with Gasteiger partial charge in [0.2, 0.25) is 0 Å². The van der Waals surface area contributed by atoms with Crippen molar-refractivity contribution in [2.45, 2.75) is 13.5 Å². The van der Waals surface area contributed by atoms with E-state index >= 15 is 0 Å². The molecule has 0 atom stereocenters. The molecule has 2 aromatic carbocycles. The van der Waals surface area contributed by atoms with Gasteiger partial charge in [0.15, 0.2) is 18.1 Å². The van der Waals surface area contributed by atoms with Crippen molar-refractivity contribution in [2.75, 3.05) is 20.3 Å². The molecular weight excluding hydrogens is 435 g/mol. The van der Waals surface area contributed by atoms with Crippen molar-refractivity contribution in [3.63, 3.8) is 0 Å². The zero-order valence-electron chi connectivity index (χ0n) is 16.3. The number of benzene rings is 2. The summed E-state index contributed by atoms with van der Waals surface area (Å²) in [4.78, 5) is 35.0. The Bertz CT molecular complexity index is 936. The van der Waals surface area contributed by atoms with Crippen LogP contribution in [0.5, 0.6) is 11.5 Å². The zero-order valence-corrected chi connectivity index (χ0v) is 17.8. The molecule has 0 aliphatic heterocycles. The highest BCUT2D eigenvalue weighted by molar-refractivity contribution is 6.35. The van der Waals surface area contributed by atoms with E-state index in [2.05, 4.69) is 5.32 Å². The van der Waals surface area contributed by atoms with Crippen LogP contribution in [-0.4, -0.2) is 38.2 Å². The first kappa shape index (κ1) is 23.3. The number of amides is 3. The lowest BCUT2D eigenvalue weighted by atomic mass is 10.2. The number of ether oxygens (including phenoxy) is 3. The van der Waals surface area contributed by atoms with Crippen molar-refractivity contribution in [3.05, 3.63) is 57.6 Å². The van der Waals surface area contributed by atoms with Gasteiger partial charge in [0, 0.05) is 22.2 Å². The minimum atomic E-state index is -0.758. The quantitative estimate of drug-likeness (QED) is 0.590. The fourth-order valence-corrected chi connectivity index (χ4v) is 2.75. The lowest BCUT2D eigenvalue weighted by molar-refractivity contribution is -0.123. The molecule has 160 valence electrons. The molecule has 0 heterocycles. The predicted molar refractivity (Wildman–Crippen MR) is 111 cm³/mol. The molecule has 30 heavy (non-hydrogen) atoms. The van der Waals surface area contributed by atoms with Gasteiger partial charge in [0.25, 0.3) is 5.91 Å². The molecule has 2 aromatic rings. The SMILES string of the molecule is CCNC(=O)NC(=O)COC(=O)c1ccc(OCc2ccc(Cl)cc2Cl)c(OC)c1. The van der Waals surface area contributed by atoms with Gasteiger partial charge in [0.1, 0.15) is 6.61 Å². The van der Waals surface area contributed by atoms with Crippen LogP contribution in [0.2, 0.25) is 10.0 Å². The van der Waals surface area contributed by atoms with Crippen molar-refractivity contribution < 1.29 is 28.6 Å². The van der Waals surface area contributed by atoms with E-state index in [0.29, 0.717) is 28.1 Å². The number of methoxy groups -OCH3 is 1. The standard InChI is InChI=1S/C20H20Cl2N2O6/c1-3-23-20(27)24-18(25)11-30-19(26)12-5-7-16(17(8-12)28-2)29-10-13-4-6-14(21)9-15(13)22/h4-9H,3,10-11H2,1-2H3,(H2,23,24,25,27). The van der Waals surface area contributed by atoms with Crippen LogP contribution in [0.4, 0.5) is 4.79 Å². The number of carbonyl (C=O) groups is 3. The maximum absolute atomic E-state index is 12.2. The van der Waals surface area contributed by atoms with Crippen molar-refractivity contribution in [2.24, 2.45) is 0 Å². The maximum Gasteiger partial charge on any atom is 0.338 e. The third-order valence-electron chi connectivity index (χ3n) is 3.72. The molecule has 0 radical (unpaired) electrons. The number of rotatable bonds is 8. The molecule has 0 aromatic heterocycles. The van der Waals surface area contributed by atoms with Gasteiger partial charge in [-0.3, -0.25) is 10.1 Å². The van der Waals surface area contributed by atoms with Crippen LogP contribution in [0.1, 0.15) is 22.8 Å². The average Bonchev–Trinajstić information content (AvgIpc) is 2.71.